The van der Waals surface area contributed by atoms with E-state index >= 15 is 0 Å². The van der Waals surface area contributed by atoms with E-state index in [1.165, 1.54) is 19.2 Å². The van der Waals surface area contributed by atoms with E-state index < -0.39 is 22.8 Å². The summed E-state index contributed by atoms with van der Waals surface area (Å²) >= 11 is 0. The summed E-state index contributed by atoms with van der Waals surface area (Å²) in [6, 6.07) is 3.41. The van der Waals surface area contributed by atoms with Crippen LogP contribution in [-0.4, -0.2) is 43.8 Å². The molecule has 20 heavy (non-hydrogen) atoms. The van der Waals surface area contributed by atoms with Crippen molar-refractivity contribution in [2.45, 2.75) is 6.10 Å². The molecule has 8 heteroatoms. The van der Waals surface area contributed by atoms with Crippen molar-refractivity contribution in [2.75, 3.05) is 31.7 Å². The number of non-ortho nitro benzene ring substituents is 1. The molecule has 0 bridgehead atoms. The lowest BCUT2D eigenvalue weighted by Crippen LogP contribution is -2.46. The van der Waals surface area contributed by atoms with Crippen LogP contribution in [0.5, 0.6) is 0 Å². The van der Waals surface area contributed by atoms with Gasteiger partial charge in [0, 0.05) is 12.6 Å². The van der Waals surface area contributed by atoms with Crippen LogP contribution < -0.4 is 4.90 Å². The van der Waals surface area contributed by atoms with E-state index in [2.05, 4.69) is 4.74 Å². The van der Waals surface area contributed by atoms with Gasteiger partial charge in [-0.1, -0.05) is 0 Å². The molecule has 2 rings (SSSR count). The average molecular weight is 284 g/mol. The smallest absolute Gasteiger partial charge is 0.336 e. The quantitative estimate of drug-likeness (QED) is 0.470. The van der Waals surface area contributed by atoms with Gasteiger partial charge in [0.05, 0.1) is 36.9 Å². The number of hydrogen-bond donors (Lipinski definition) is 0. The zero-order valence-corrected chi connectivity index (χ0v) is 10.7. The maximum atomic E-state index is 13.9. The second-order valence-corrected chi connectivity index (χ2v) is 4.22. The van der Waals surface area contributed by atoms with Crippen LogP contribution in [0, 0.1) is 15.9 Å². The third-order valence-corrected chi connectivity index (χ3v) is 3.01. The first kappa shape index (κ1) is 14.2. The molecule has 1 aliphatic heterocycles. The highest BCUT2D eigenvalue weighted by Gasteiger charge is 2.29. The Bertz CT molecular complexity index is 537. The zero-order chi connectivity index (χ0) is 14.7. The summed E-state index contributed by atoms with van der Waals surface area (Å²) in [7, 11) is 1.25. The molecule has 0 spiro atoms. The molecule has 1 unspecified atom stereocenters. The Morgan fingerprint density at radius 3 is 2.95 bits per heavy atom. The Balaban J connectivity index is 2.19. The van der Waals surface area contributed by atoms with Crippen LogP contribution in [0.25, 0.3) is 0 Å². The number of hydrogen-bond acceptors (Lipinski definition) is 6. The Hall–Kier alpha value is -2.22. The van der Waals surface area contributed by atoms with Crippen molar-refractivity contribution in [3.63, 3.8) is 0 Å². The molecule has 0 N–H and O–H groups in total. The van der Waals surface area contributed by atoms with E-state index in [0.717, 1.165) is 6.07 Å². The fourth-order valence-corrected chi connectivity index (χ4v) is 2.01. The molecule has 0 aromatic heterocycles. The fourth-order valence-electron chi connectivity index (χ4n) is 2.01. The molecule has 7 nitrogen and oxygen atoms in total. The number of anilines is 1. The minimum atomic E-state index is -0.789. The minimum absolute atomic E-state index is 0.140. The average Bonchev–Trinajstić information content (AvgIpc) is 2.46. The standard InChI is InChI=1S/C12H13FN2O5/c1-19-12(16)11-7-14(4-5-20-11)10-3-2-8(15(17)18)6-9(10)13/h2-3,6,11H,4-5,7H2,1H3. The molecule has 1 heterocycles. The number of nitro benzene ring substituents is 1. The van der Waals surface area contributed by atoms with Gasteiger partial charge in [-0.05, 0) is 6.07 Å². The molecule has 0 radical (unpaired) electrons. The molecule has 0 saturated carbocycles. The zero-order valence-electron chi connectivity index (χ0n) is 10.7. The number of carbonyl (C=O) groups excluding carboxylic acids is 1. The molecule has 1 aromatic carbocycles. The SMILES string of the molecule is COC(=O)C1CN(c2ccc([N+](=O)[O-])cc2F)CCO1. The number of esters is 1. The first-order valence-electron chi connectivity index (χ1n) is 5.91. The van der Waals surface area contributed by atoms with Crippen molar-refractivity contribution in [1.82, 2.24) is 0 Å². The number of ether oxygens (including phenoxy) is 2. The van der Waals surface area contributed by atoms with Crippen LogP contribution in [0.4, 0.5) is 15.8 Å². The largest absolute Gasteiger partial charge is 0.467 e. The van der Waals surface area contributed by atoms with Crippen molar-refractivity contribution in [2.24, 2.45) is 0 Å². The van der Waals surface area contributed by atoms with Gasteiger partial charge in [0.1, 0.15) is 0 Å². The highest BCUT2D eigenvalue weighted by atomic mass is 19.1. The number of carbonyl (C=O) groups is 1. The molecule has 108 valence electrons. The fraction of sp³-hybridized carbons (Fsp3) is 0.417. The number of halogens is 1. The van der Waals surface area contributed by atoms with Gasteiger partial charge in [0.15, 0.2) is 11.9 Å². The molecular formula is C12H13FN2O5. The summed E-state index contributed by atoms with van der Waals surface area (Å²) in [6.07, 6.45) is -0.789. The molecule has 1 aromatic rings. The summed E-state index contributed by atoms with van der Waals surface area (Å²) in [6.45, 7) is 0.778. The Labute approximate surface area is 114 Å². The summed E-state index contributed by atoms with van der Waals surface area (Å²) in [5.74, 6) is -1.23. The highest BCUT2D eigenvalue weighted by Crippen LogP contribution is 2.25. The second-order valence-electron chi connectivity index (χ2n) is 4.22. The van der Waals surface area contributed by atoms with Crippen molar-refractivity contribution in [1.29, 1.82) is 0 Å². The van der Waals surface area contributed by atoms with E-state index in [0.29, 0.717) is 6.54 Å². The maximum absolute atomic E-state index is 13.9. The predicted molar refractivity (Wildman–Crippen MR) is 67.0 cm³/mol. The van der Waals surface area contributed by atoms with Crippen molar-refractivity contribution in [3.8, 4) is 0 Å². The summed E-state index contributed by atoms with van der Waals surface area (Å²) in [5.41, 5.74) is -0.114. The van der Waals surface area contributed by atoms with E-state index in [-0.39, 0.29) is 24.5 Å². The number of benzene rings is 1. The van der Waals surface area contributed by atoms with Gasteiger partial charge in [-0.2, -0.15) is 0 Å². The van der Waals surface area contributed by atoms with Crippen LogP contribution in [-0.2, 0) is 14.3 Å². The van der Waals surface area contributed by atoms with Crippen molar-refractivity contribution >= 4 is 17.3 Å². The van der Waals surface area contributed by atoms with Crippen LogP contribution in [0.15, 0.2) is 18.2 Å². The number of nitro groups is 1. The van der Waals surface area contributed by atoms with Crippen LogP contribution in [0.3, 0.4) is 0 Å². The molecule has 1 fully saturated rings. The Kier molecular flexibility index (Phi) is 4.14. The Morgan fingerprint density at radius 1 is 1.60 bits per heavy atom. The molecule has 1 aliphatic rings. The molecule has 1 atom stereocenters. The molecular weight excluding hydrogens is 271 g/mol. The van der Waals surface area contributed by atoms with Gasteiger partial charge in [0.25, 0.3) is 5.69 Å². The topological polar surface area (TPSA) is 81.9 Å². The van der Waals surface area contributed by atoms with Gasteiger partial charge in [0.2, 0.25) is 0 Å². The molecule has 0 amide bonds. The van der Waals surface area contributed by atoms with Crippen LogP contribution in [0.2, 0.25) is 0 Å². The highest BCUT2D eigenvalue weighted by molar-refractivity contribution is 5.75. The third-order valence-electron chi connectivity index (χ3n) is 3.01. The van der Waals surface area contributed by atoms with E-state index in [1.807, 2.05) is 0 Å². The number of rotatable bonds is 3. The first-order valence-corrected chi connectivity index (χ1v) is 5.91. The number of nitrogens with zero attached hydrogens (tertiary/aromatic N) is 2. The Morgan fingerprint density at radius 2 is 2.35 bits per heavy atom. The lowest BCUT2D eigenvalue weighted by molar-refractivity contribution is -0.385. The lowest BCUT2D eigenvalue weighted by atomic mass is 10.2. The third kappa shape index (κ3) is 2.85. The summed E-state index contributed by atoms with van der Waals surface area (Å²) in [4.78, 5) is 22.9. The van der Waals surface area contributed by atoms with Crippen molar-refractivity contribution < 1.29 is 23.6 Å². The summed E-state index contributed by atoms with van der Waals surface area (Å²) < 4.78 is 23.7. The molecule has 1 saturated heterocycles. The minimum Gasteiger partial charge on any atom is -0.467 e. The first-order chi connectivity index (χ1) is 9.52. The van der Waals surface area contributed by atoms with Crippen LogP contribution >= 0.6 is 0 Å². The second kappa shape index (κ2) is 5.83. The number of methoxy groups -OCH3 is 1. The lowest BCUT2D eigenvalue weighted by Gasteiger charge is -2.33. The van der Waals surface area contributed by atoms with Gasteiger partial charge < -0.3 is 14.4 Å². The van der Waals surface area contributed by atoms with Crippen molar-refractivity contribution in [3.05, 3.63) is 34.1 Å². The summed E-state index contributed by atoms with van der Waals surface area (Å²) in [5, 5.41) is 10.6. The maximum Gasteiger partial charge on any atom is 0.336 e. The number of morpholine rings is 1. The molecule has 0 aliphatic carbocycles. The predicted octanol–water partition coefficient (Wildman–Crippen LogP) is 1.11. The van der Waals surface area contributed by atoms with Gasteiger partial charge in [-0.25, -0.2) is 9.18 Å². The van der Waals surface area contributed by atoms with E-state index in [4.69, 9.17) is 4.74 Å². The van der Waals surface area contributed by atoms with Crippen LogP contribution in [0.1, 0.15) is 0 Å². The van der Waals surface area contributed by atoms with Gasteiger partial charge in [-0.3, -0.25) is 10.1 Å². The van der Waals surface area contributed by atoms with Gasteiger partial charge >= 0.3 is 5.97 Å². The van der Waals surface area contributed by atoms with E-state index in [1.54, 1.807) is 4.90 Å². The normalized spacial score (nSPS) is 18.7. The van der Waals surface area contributed by atoms with E-state index in [9.17, 15) is 19.3 Å². The van der Waals surface area contributed by atoms with Gasteiger partial charge in [-0.15, -0.1) is 0 Å². The monoisotopic (exact) mass is 284 g/mol.